The highest BCUT2D eigenvalue weighted by Crippen LogP contribution is 2.42. The van der Waals surface area contributed by atoms with E-state index in [1.165, 1.54) is 57.9 Å². The highest BCUT2D eigenvalue weighted by molar-refractivity contribution is 14.0. The first-order chi connectivity index (χ1) is 12.2. The number of aryl methyl sites for hydroxylation is 2. The summed E-state index contributed by atoms with van der Waals surface area (Å²) in [6, 6.07) is 0. The zero-order valence-corrected chi connectivity index (χ0v) is 18.6. The Balaban J connectivity index is 0.00000243. The number of aromatic nitrogens is 2. The maximum absolute atomic E-state index is 5.17. The van der Waals surface area contributed by atoms with Crippen molar-refractivity contribution >= 4 is 29.9 Å². The summed E-state index contributed by atoms with van der Waals surface area (Å²) in [4.78, 5) is 11.3. The lowest BCUT2D eigenvalue weighted by Crippen LogP contribution is -2.50. The Morgan fingerprint density at radius 1 is 1.19 bits per heavy atom. The van der Waals surface area contributed by atoms with E-state index in [0.29, 0.717) is 11.2 Å². The van der Waals surface area contributed by atoms with Crippen LogP contribution in [0.25, 0.3) is 0 Å². The molecule has 1 spiro atoms. The Kier molecular flexibility index (Phi) is 8.63. The molecule has 1 N–H and O–H groups in total. The lowest BCUT2D eigenvalue weighted by Gasteiger charge is -2.44. The standard InChI is InChI=1S/C19H33N5O.HI/c1-16-22-17(25-23-16)9-7-13-21-18(20-2)24-14-8-12-19(15-24)10-5-3-4-6-11-19;/h3-15H2,1-2H3,(H,20,21);1H. The Morgan fingerprint density at radius 3 is 2.58 bits per heavy atom. The molecule has 2 fully saturated rings. The van der Waals surface area contributed by atoms with Gasteiger partial charge in [-0.3, -0.25) is 4.99 Å². The molecule has 1 aromatic heterocycles. The van der Waals surface area contributed by atoms with E-state index in [-0.39, 0.29) is 24.0 Å². The molecule has 6 nitrogen and oxygen atoms in total. The van der Waals surface area contributed by atoms with Crippen molar-refractivity contribution in [3.8, 4) is 0 Å². The molecule has 2 heterocycles. The van der Waals surface area contributed by atoms with Gasteiger partial charge in [0.05, 0.1) is 0 Å². The number of nitrogens with zero attached hydrogens (tertiary/aromatic N) is 4. The predicted octanol–water partition coefficient (Wildman–Crippen LogP) is 3.94. The van der Waals surface area contributed by atoms with Crippen molar-refractivity contribution in [2.75, 3.05) is 26.7 Å². The van der Waals surface area contributed by atoms with Gasteiger partial charge in [0.2, 0.25) is 5.89 Å². The van der Waals surface area contributed by atoms with Gasteiger partial charge in [0.1, 0.15) is 0 Å². The molecule has 1 saturated carbocycles. The number of likely N-dealkylation sites (tertiary alicyclic amines) is 1. The van der Waals surface area contributed by atoms with Gasteiger partial charge in [0, 0.05) is 33.1 Å². The molecule has 0 aromatic carbocycles. The molecule has 1 saturated heterocycles. The average Bonchev–Trinajstić information content (AvgIpc) is 2.90. The Morgan fingerprint density at radius 2 is 1.92 bits per heavy atom. The van der Waals surface area contributed by atoms with Crippen molar-refractivity contribution in [1.29, 1.82) is 0 Å². The minimum atomic E-state index is 0. The van der Waals surface area contributed by atoms with Crippen LogP contribution in [0.2, 0.25) is 0 Å². The highest BCUT2D eigenvalue weighted by atomic mass is 127. The summed E-state index contributed by atoms with van der Waals surface area (Å²) in [5.74, 6) is 2.50. The first-order valence-electron chi connectivity index (χ1n) is 9.96. The monoisotopic (exact) mass is 475 g/mol. The molecule has 0 atom stereocenters. The van der Waals surface area contributed by atoms with E-state index in [9.17, 15) is 0 Å². The summed E-state index contributed by atoms with van der Waals surface area (Å²) < 4.78 is 5.17. The zero-order valence-electron chi connectivity index (χ0n) is 16.3. The maximum Gasteiger partial charge on any atom is 0.226 e. The van der Waals surface area contributed by atoms with Crippen molar-refractivity contribution < 1.29 is 4.52 Å². The number of hydrogen-bond donors (Lipinski definition) is 1. The van der Waals surface area contributed by atoms with Crippen LogP contribution in [0.3, 0.4) is 0 Å². The van der Waals surface area contributed by atoms with Gasteiger partial charge in [-0.25, -0.2) is 0 Å². The highest BCUT2D eigenvalue weighted by Gasteiger charge is 2.36. The van der Waals surface area contributed by atoms with Gasteiger partial charge in [-0.2, -0.15) is 4.98 Å². The van der Waals surface area contributed by atoms with Gasteiger partial charge < -0.3 is 14.7 Å². The second-order valence-electron chi connectivity index (χ2n) is 7.75. The van der Waals surface area contributed by atoms with Gasteiger partial charge in [-0.15, -0.1) is 24.0 Å². The fourth-order valence-corrected chi connectivity index (χ4v) is 4.49. The minimum Gasteiger partial charge on any atom is -0.356 e. The van der Waals surface area contributed by atoms with Gasteiger partial charge in [-0.05, 0) is 44.4 Å². The van der Waals surface area contributed by atoms with Crippen LogP contribution in [0, 0.1) is 12.3 Å². The van der Waals surface area contributed by atoms with Gasteiger partial charge >= 0.3 is 0 Å². The van der Waals surface area contributed by atoms with E-state index in [0.717, 1.165) is 37.8 Å². The van der Waals surface area contributed by atoms with E-state index in [2.05, 4.69) is 25.3 Å². The number of piperidine rings is 1. The van der Waals surface area contributed by atoms with Crippen molar-refractivity contribution in [2.24, 2.45) is 10.4 Å². The first-order valence-corrected chi connectivity index (χ1v) is 9.96. The Hall–Kier alpha value is -0.860. The molecular weight excluding hydrogens is 441 g/mol. The molecule has 3 rings (SSSR count). The zero-order chi connectivity index (χ0) is 17.5. The fraction of sp³-hybridized carbons (Fsp3) is 0.842. The minimum absolute atomic E-state index is 0. The number of halogens is 1. The van der Waals surface area contributed by atoms with E-state index >= 15 is 0 Å². The molecule has 26 heavy (non-hydrogen) atoms. The predicted molar refractivity (Wildman–Crippen MR) is 115 cm³/mol. The van der Waals surface area contributed by atoms with Crippen LogP contribution < -0.4 is 5.32 Å². The topological polar surface area (TPSA) is 66.5 Å². The number of guanidine groups is 1. The van der Waals surface area contributed by atoms with Crippen molar-refractivity contribution in [3.63, 3.8) is 0 Å². The molecule has 0 bridgehead atoms. The number of hydrogen-bond acceptors (Lipinski definition) is 4. The Bertz CT molecular complexity index is 566. The third kappa shape index (κ3) is 5.82. The molecule has 0 radical (unpaired) electrons. The second-order valence-corrected chi connectivity index (χ2v) is 7.75. The summed E-state index contributed by atoms with van der Waals surface area (Å²) in [5.41, 5.74) is 0.535. The smallest absolute Gasteiger partial charge is 0.226 e. The average molecular weight is 475 g/mol. The van der Waals surface area contributed by atoms with Crippen LogP contribution in [0.4, 0.5) is 0 Å². The molecule has 1 aliphatic carbocycles. The van der Waals surface area contributed by atoms with Crippen molar-refractivity contribution in [2.45, 2.75) is 71.1 Å². The van der Waals surface area contributed by atoms with Crippen molar-refractivity contribution in [1.82, 2.24) is 20.4 Å². The summed E-state index contributed by atoms with van der Waals surface area (Å²) in [6.07, 6.45) is 12.9. The summed E-state index contributed by atoms with van der Waals surface area (Å²) in [5, 5.41) is 7.38. The SMILES string of the molecule is CN=C(NCCCc1nc(C)no1)N1CCCC2(CCCCCC2)C1.I. The second kappa shape index (κ2) is 10.5. The van der Waals surface area contributed by atoms with Crippen LogP contribution in [0.1, 0.15) is 69.5 Å². The van der Waals surface area contributed by atoms with E-state index in [4.69, 9.17) is 4.52 Å². The lowest BCUT2D eigenvalue weighted by molar-refractivity contribution is 0.115. The third-order valence-electron chi connectivity index (χ3n) is 5.76. The molecule has 148 valence electrons. The molecule has 2 aliphatic rings. The van der Waals surface area contributed by atoms with Crippen LogP contribution in [0.15, 0.2) is 9.52 Å². The first kappa shape index (κ1) is 21.4. The number of nitrogens with one attached hydrogen (secondary N) is 1. The van der Waals surface area contributed by atoms with E-state index in [1.54, 1.807) is 0 Å². The van der Waals surface area contributed by atoms with E-state index in [1.807, 2.05) is 14.0 Å². The summed E-state index contributed by atoms with van der Waals surface area (Å²) in [6.45, 7) is 5.05. The van der Waals surface area contributed by atoms with E-state index < -0.39 is 0 Å². The number of aliphatic imine (C=N–C) groups is 1. The lowest BCUT2D eigenvalue weighted by atomic mass is 9.74. The van der Waals surface area contributed by atoms with Gasteiger partial charge in [0.25, 0.3) is 0 Å². The van der Waals surface area contributed by atoms with Crippen LogP contribution in [-0.4, -0.2) is 47.7 Å². The molecule has 0 unspecified atom stereocenters. The molecule has 0 amide bonds. The quantitative estimate of drug-likeness (QED) is 0.309. The molecule has 1 aliphatic heterocycles. The Labute approximate surface area is 174 Å². The van der Waals surface area contributed by atoms with Crippen LogP contribution in [0.5, 0.6) is 0 Å². The van der Waals surface area contributed by atoms with Crippen LogP contribution in [-0.2, 0) is 6.42 Å². The fourth-order valence-electron chi connectivity index (χ4n) is 4.49. The molecule has 1 aromatic rings. The molecule has 7 heteroatoms. The summed E-state index contributed by atoms with van der Waals surface area (Å²) >= 11 is 0. The molecular formula is C19H34IN5O. The normalized spacial score (nSPS) is 20.5. The third-order valence-corrected chi connectivity index (χ3v) is 5.76. The van der Waals surface area contributed by atoms with Crippen molar-refractivity contribution in [3.05, 3.63) is 11.7 Å². The van der Waals surface area contributed by atoms with Gasteiger partial charge in [-0.1, -0.05) is 30.8 Å². The van der Waals surface area contributed by atoms with Crippen LogP contribution >= 0.6 is 24.0 Å². The largest absolute Gasteiger partial charge is 0.356 e. The van der Waals surface area contributed by atoms with Gasteiger partial charge in [0.15, 0.2) is 11.8 Å². The summed E-state index contributed by atoms with van der Waals surface area (Å²) in [7, 11) is 1.90. The number of rotatable bonds is 4. The maximum atomic E-state index is 5.17.